The summed E-state index contributed by atoms with van der Waals surface area (Å²) in [6.45, 7) is 8.75. The highest BCUT2D eigenvalue weighted by atomic mass is 35.5. The van der Waals surface area contributed by atoms with Crippen LogP contribution in [-0.4, -0.2) is 68.1 Å². The normalized spacial score (nSPS) is 16.9. The molecule has 1 aromatic rings. The lowest BCUT2D eigenvalue weighted by Gasteiger charge is -2.36. The SMILES string of the molecule is Cc1cc(CCl)cnc1N1CCN(CCN(C)C)CC1. The average Bonchev–Trinajstić information content (AvgIpc) is 2.45. The number of aryl methyl sites for hydroxylation is 1. The van der Waals surface area contributed by atoms with Crippen molar-refractivity contribution in [2.24, 2.45) is 0 Å². The first-order valence-corrected chi connectivity index (χ1v) is 7.77. The Balaban J connectivity index is 1.90. The van der Waals surface area contributed by atoms with Crippen molar-refractivity contribution in [1.29, 1.82) is 0 Å². The number of hydrogen-bond donors (Lipinski definition) is 0. The van der Waals surface area contributed by atoms with E-state index in [9.17, 15) is 0 Å². The number of pyridine rings is 1. The van der Waals surface area contributed by atoms with E-state index in [1.165, 1.54) is 5.56 Å². The van der Waals surface area contributed by atoms with E-state index >= 15 is 0 Å². The van der Waals surface area contributed by atoms with Crippen LogP contribution in [0, 0.1) is 6.92 Å². The summed E-state index contributed by atoms with van der Waals surface area (Å²) in [5.41, 5.74) is 2.32. The van der Waals surface area contributed by atoms with Gasteiger partial charge in [0.15, 0.2) is 0 Å². The lowest BCUT2D eigenvalue weighted by molar-refractivity contribution is 0.229. The van der Waals surface area contributed by atoms with Crippen molar-refractivity contribution >= 4 is 17.4 Å². The first-order valence-electron chi connectivity index (χ1n) is 7.23. The Kier molecular flexibility index (Phi) is 5.64. The molecule has 0 amide bonds. The van der Waals surface area contributed by atoms with Gasteiger partial charge in [-0.3, -0.25) is 4.90 Å². The fourth-order valence-electron chi connectivity index (χ4n) is 2.55. The number of likely N-dealkylation sites (N-methyl/N-ethyl adjacent to an activating group) is 1. The molecular formula is C15H25ClN4. The maximum Gasteiger partial charge on any atom is 0.131 e. The van der Waals surface area contributed by atoms with E-state index in [1.807, 2.05) is 6.20 Å². The molecule has 1 aromatic heterocycles. The van der Waals surface area contributed by atoms with Gasteiger partial charge in [0, 0.05) is 51.3 Å². The Hall–Kier alpha value is -0.840. The van der Waals surface area contributed by atoms with Gasteiger partial charge in [0.05, 0.1) is 0 Å². The molecule has 0 aliphatic carbocycles. The Morgan fingerprint density at radius 2 is 1.95 bits per heavy atom. The molecule has 4 nitrogen and oxygen atoms in total. The third-order valence-corrected chi connectivity index (χ3v) is 4.11. The van der Waals surface area contributed by atoms with Crippen LogP contribution in [0.25, 0.3) is 0 Å². The highest BCUT2D eigenvalue weighted by Gasteiger charge is 2.19. The van der Waals surface area contributed by atoms with Gasteiger partial charge in [0.1, 0.15) is 5.82 Å². The van der Waals surface area contributed by atoms with Crippen LogP contribution in [-0.2, 0) is 5.88 Å². The highest BCUT2D eigenvalue weighted by molar-refractivity contribution is 6.17. The van der Waals surface area contributed by atoms with Crippen molar-refractivity contribution in [1.82, 2.24) is 14.8 Å². The number of aromatic nitrogens is 1. The van der Waals surface area contributed by atoms with E-state index in [2.05, 4.69) is 46.8 Å². The van der Waals surface area contributed by atoms with E-state index < -0.39 is 0 Å². The molecular weight excluding hydrogens is 272 g/mol. The summed E-state index contributed by atoms with van der Waals surface area (Å²) in [4.78, 5) is 11.7. The lowest BCUT2D eigenvalue weighted by atomic mass is 10.2. The van der Waals surface area contributed by atoms with Crippen LogP contribution in [0.4, 0.5) is 5.82 Å². The Morgan fingerprint density at radius 1 is 1.25 bits per heavy atom. The second-order valence-corrected chi connectivity index (χ2v) is 6.02. The molecule has 2 rings (SSSR count). The summed E-state index contributed by atoms with van der Waals surface area (Å²) in [5.74, 6) is 1.65. The number of anilines is 1. The van der Waals surface area contributed by atoms with Crippen molar-refractivity contribution in [2.75, 3.05) is 58.3 Å². The molecule has 5 heteroatoms. The predicted octanol–water partition coefficient (Wildman–Crippen LogP) is 1.81. The molecule has 1 fully saturated rings. The minimum absolute atomic E-state index is 0.534. The van der Waals surface area contributed by atoms with Crippen LogP contribution >= 0.6 is 11.6 Å². The van der Waals surface area contributed by atoms with Gasteiger partial charge in [0.2, 0.25) is 0 Å². The quantitative estimate of drug-likeness (QED) is 0.773. The molecule has 20 heavy (non-hydrogen) atoms. The van der Waals surface area contributed by atoms with Crippen molar-refractivity contribution < 1.29 is 0 Å². The van der Waals surface area contributed by atoms with Crippen molar-refractivity contribution in [3.8, 4) is 0 Å². The van der Waals surface area contributed by atoms with Crippen LogP contribution in [0.2, 0.25) is 0 Å². The first kappa shape index (κ1) is 15.5. The van der Waals surface area contributed by atoms with E-state index in [1.54, 1.807) is 0 Å². The monoisotopic (exact) mass is 296 g/mol. The topological polar surface area (TPSA) is 22.6 Å². The third kappa shape index (κ3) is 4.08. The number of nitrogens with zero attached hydrogens (tertiary/aromatic N) is 4. The van der Waals surface area contributed by atoms with Gasteiger partial charge < -0.3 is 9.80 Å². The van der Waals surface area contributed by atoms with Gasteiger partial charge in [-0.2, -0.15) is 0 Å². The molecule has 2 heterocycles. The predicted molar refractivity (Wildman–Crippen MR) is 85.7 cm³/mol. The Morgan fingerprint density at radius 3 is 2.50 bits per heavy atom. The van der Waals surface area contributed by atoms with Crippen LogP contribution in [0.15, 0.2) is 12.3 Å². The van der Waals surface area contributed by atoms with Crippen LogP contribution in [0.1, 0.15) is 11.1 Å². The zero-order valence-corrected chi connectivity index (χ0v) is 13.5. The van der Waals surface area contributed by atoms with Gasteiger partial charge in [-0.1, -0.05) is 0 Å². The highest BCUT2D eigenvalue weighted by Crippen LogP contribution is 2.20. The van der Waals surface area contributed by atoms with Gasteiger partial charge in [-0.15, -0.1) is 11.6 Å². The van der Waals surface area contributed by atoms with E-state index in [0.717, 1.165) is 50.6 Å². The molecule has 0 radical (unpaired) electrons. The van der Waals surface area contributed by atoms with Crippen LogP contribution in [0.3, 0.4) is 0 Å². The summed E-state index contributed by atoms with van der Waals surface area (Å²) in [6, 6.07) is 2.15. The maximum atomic E-state index is 5.85. The van der Waals surface area contributed by atoms with Crippen molar-refractivity contribution in [2.45, 2.75) is 12.8 Å². The fourth-order valence-corrected chi connectivity index (χ4v) is 2.70. The van der Waals surface area contributed by atoms with Crippen molar-refractivity contribution in [3.05, 3.63) is 23.4 Å². The third-order valence-electron chi connectivity index (χ3n) is 3.80. The molecule has 0 unspecified atom stereocenters. The molecule has 0 saturated carbocycles. The molecule has 0 bridgehead atoms. The fraction of sp³-hybridized carbons (Fsp3) is 0.667. The molecule has 0 aromatic carbocycles. The number of hydrogen-bond acceptors (Lipinski definition) is 4. The van der Waals surface area contributed by atoms with Crippen molar-refractivity contribution in [3.63, 3.8) is 0 Å². The molecule has 1 aliphatic rings. The van der Waals surface area contributed by atoms with Gasteiger partial charge in [-0.05, 0) is 38.2 Å². The number of halogens is 1. The van der Waals surface area contributed by atoms with E-state index in [4.69, 9.17) is 11.6 Å². The number of alkyl halides is 1. The second kappa shape index (κ2) is 7.25. The maximum absolute atomic E-state index is 5.85. The minimum atomic E-state index is 0.534. The summed E-state index contributed by atoms with van der Waals surface area (Å²) >= 11 is 5.85. The Labute approximate surface area is 127 Å². The number of piperazine rings is 1. The molecule has 1 saturated heterocycles. The van der Waals surface area contributed by atoms with Gasteiger partial charge in [0.25, 0.3) is 0 Å². The van der Waals surface area contributed by atoms with Gasteiger partial charge in [-0.25, -0.2) is 4.98 Å². The molecule has 0 N–H and O–H groups in total. The summed E-state index contributed by atoms with van der Waals surface area (Å²) in [5, 5.41) is 0. The van der Waals surface area contributed by atoms with Gasteiger partial charge >= 0.3 is 0 Å². The molecule has 1 aliphatic heterocycles. The lowest BCUT2D eigenvalue weighted by Crippen LogP contribution is -2.48. The van der Waals surface area contributed by atoms with Crippen LogP contribution < -0.4 is 4.90 Å². The second-order valence-electron chi connectivity index (χ2n) is 5.75. The average molecular weight is 297 g/mol. The number of rotatable bonds is 5. The Bertz CT molecular complexity index is 428. The summed E-state index contributed by atoms with van der Waals surface area (Å²) < 4.78 is 0. The molecule has 0 spiro atoms. The zero-order valence-electron chi connectivity index (χ0n) is 12.8. The van der Waals surface area contributed by atoms with E-state index in [-0.39, 0.29) is 0 Å². The van der Waals surface area contributed by atoms with E-state index in [0.29, 0.717) is 5.88 Å². The van der Waals surface area contributed by atoms with Crippen LogP contribution in [0.5, 0.6) is 0 Å². The largest absolute Gasteiger partial charge is 0.354 e. The summed E-state index contributed by atoms with van der Waals surface area (Å²) in [7, 11) is 4.25. The minimum Gasteiger partial charge on any atom is -0.354 e. The summed E-state index contributed by atoms with van der Waals surface area (Å²) in [6.07, 6.45) is 1.90. The zero-order chi connectivity index (χ0) is 14.5. The standard InChI is InChI=1S/C15H25ClN4/c1-13-10-14(11-16)12-17-15(13)20-8-6-19(7-9-20)5-4-18(2)3/h10,12H,4-9,11H2,1-3H3. The molecule has 0 atom stereocenters. The molecule has 112 valence electrons. The first-order chi connectivity index (χ1) is 9.60. The smallest absolute Gasteiger partial charge is 0.131 e.